The summed E-state index contributed by atoms with van der Waals surface area (Å²) in [6.07, 6.45) is -0.611. The van der Waals surface area contributed by atoms with Crippen molar-refractivity contribution in [3.8, 4) is 0 Å². The Balaban J connectivity index is 5.38. The average molecular weight is 417 g/mol. The van der Waals surface area contributed by atoms with Crippen molar-refractivity contribution in [2.45, 2.75) is 58.3 Å². The van der Waals surface area contributed by atoms with Crippen LogP contribution in [0, 0.1) is 11.8 Å². The summed E-state index contributed by atoms with van der Waals surface area (Å²) >= 11 is 0. The Morgan fingerprint density at radius 2 is 1.34 bits per heavy atom. The zero-order valence-corrected chi connectivity index (χ0v) is 17.0. The van der Waals surface area contributed by atoms with E-state index in [9.17, 15) is 24.0 Å². The van der Waals surface area contributed by atoms with Gasteiger partial charge in [0.2, 0.25) is 23.6 Å². The van der Waals surface area contributed by atoms with E-state index in [0.29, 0.717) is 0 Å². The highest BCUT2D eigenvalue weighted by atomic mass is 16.4. The van der Waals surface area contributed by atoms with Crippen molar-refractivity contribution in [3.05, 3.63) is 0 Å². The molecule has 166 valence electrons. The first-order chi connectivity index (χ1) is 13.3. The maximum absolute atomic E-state index is 12.6. The van der Waals surface area contributed by atoms with E-state index in [0.717, 1.165) is 0 Å². The number of nitrogens with one attached hydrogen (secondary N) is 3. The number of amides is 4. The molecule has 29 heavy (non-hydrogen) atoms. The minimum absolute atomic E-state index is 0.175. The summed E-state index contributed by atoms with van der Waals surface area (Å²) in [4.78, 5) is 59.3. The number of rotatable bonds is 12. The molecule has 4 unspecified atom stereocenters. The van der Waals surface area contributed by atoms with Crippen LogP contribution in [0.4, 0.5) is 0 Å². The Labute approximate surface area is 168 Å². The van der Waals surface area contributed by atoms with Crippen LogP contribution in [-0.2, 0) is 24.0 Å². The fourth-order valence-electron chi connectivity index (χ4n) is 2.22. The van der Waals surface area contributed by atoms with Crippen molar-refractivity contribution in [1.82, 2.24) is 16.0 Å². The molecular weight excluding hydrogens is 386 g/mol. The first-order valence-electron chi connectivity index (χ1n) is 9.10. The van der Waals surface area contributed by atoms with Gasteiger partial charge in [0.1, 0.15) is 18.1 Å². The standard InChI is InChI=1S/C17H31N5O7/c1-7(2)12(19)15(26)22-13(8(3)4)16(27)20-9(5-11(18)24)14(25)21-10(6-23)17(28)29/h7-10,12-13,23H,5-6,19H2,1-4H3,(H2,18,24)(H,20,27)(H,21,25)(H,22,26)(H,28,29). The number of aliphatic carboxylic acids is 1. The van der Waals surface area contributed by atoms with Gasteiger partial charge < -0.3 is 37.6 Å². The predicted molar refractivity (Wildman–Crippen MR) is 102 cm³/mol. The molecule has 0 aliphatic carbocycles. The molecule has 0 radical (unpaired) electrons. The van der Waals surface area contributed by atoms with Crippen LogP contribution >= 0.6 is 0 Å². The number of primary amides is 1. The molecule has 0 aliphatic heterocycles. The number of carbonyl (C=O) groups excluding carboxylic acids is 4. The van der Waals surface area contributed by atoms with Crippen molar-refractivity contribution < 1.29 is 34.2 Å². The minimum Gasteiger partial charge on any atom is -0.480 e. The highest BCUT2D eigenvalue weighted by molar-refractivity contribution is 5.96. The number of aliphatic hydroxyl groups is 1. The molecule has 0 aliphatic rings. The summed E-state index contributed by atoms with van der Waals surface area (Å²) in [5.41, 5.74) is 10.9. The van der Waals surface area contributed by atoms with Crippen LogP contribution in [0.3, 0.4) is 0 Å². The van der Waals surface area contributed by atoms with Gasteiger partial charge in [0.25, 0.3) is 0 Å². The largest absolute Gasteiger partial charge is 0.480 e. The SMILES string of the molecule is CC(C)C(N)C(=O)NC(C(=O)NC(CC(N)=O)C(=O)NC(CO)C(=O)O)C(C)C. The molecule has 0 heterocycles. The molecule has 0 aromatic carbocycles. The first kappa shape index (κ1) is 26.3. The zero-order chi connectivity index (χ0) is 22.9. The maximum atomic E-state index is 12.6. The van der Waals surface area contributed by atoms with Gasteiger partial charge in [0, 0.05) is 0 Å². The molecule has 0 rings (SSSR count). The molecule has 4 amide bonds. The lowest BCUT2D eigenvalue weighted by molar-refractivity contribution is -0.143. The Kier molecular flexibility index (Phi) is 10.8. The van der Waals surface area contributed by atoms with Crippen LogP contribution in [0.25, 0.3) is 0 Å². The number of carboxylic acids is 1. The molecule has 4 atom stereocenters. The summed E-state index contributed by atoms with van der Waals surface area (Å²) < 4.78 is 0. The van der Waals surface area contributed by atoms with E-state index in [1.165, 1.54) is 0 Å². The number of hydrogen-bond donors (Lipinski definition) is 7. The van der Waals surface area contributed by atoms with E-state index in [2.05, 4.69) is 10.6 Å². The second-order valence-electron chi connectivity index (χ2n) is 7.31. The molecular formula is C17H31N5O7. The van der Waals surface area contributed by atoms with Gasteiger partial charge in [-0.25, -0.2) is 4.79 Å². The third-order valence-corrected chi connectivity index (χ3v) is 4.10. The highest BCUT2D eigenvalue weighted by Crippen LogP contribution is 2.06. The lowest BCUT2D eigenvalue weighted by Gasteiger charge is -2.27. The number of nitrogens with two attached hydrogens (primary N) is 2. The average Bonchev–Trinajstić information content (AvgIpc) is 2.61. The van der Waals surface area contributed by atoms with Crippen LogP contribution in [0.15, 0.2) is 0 Å². The third kappa shape index (κ3) is 8.87. The summed E-state index contributed by atoms with van der Waals surface area (Å²) in [6.45, 7) is 5.89. The lowest BCUT2D eigenvalue weighted by Crippen LogP contribution is -2.59. The van der Waals surface area contributed by atoms with E-state index in [1.54, 1.807) is 27.7 Å². The number of hydrogen-bond acceptors (Lipinski definition) is 7. The fourth-order valence-corrected chi connectivity index (χ4v) is 2.22. The van der Waals surface area contributed by atoms with Gasteiger partial charge in [-0.15, -0.1) is 0 Å². The Morgan fingerprint density at radius 3 is 1.72 bits per heavy atom. The van der Waals surface area contributed by atoms with Crippen molar-refractivity contribution >= 4 is 29.6 Å². The van der Waals surface area contributed by atoms with Crippen molar-refractivity contribution in [2.75, 3.05) is 6.61 Å². The summed E-state index contributed by atoms with van der Waals surface area (Å²) in [7, 11) is 0. The zero-order valence-electron chi connectivity index (χ0n) is 17.0. The van der Waals surface area contributed by atoms with Gasteiger partial charge in [-0.2, -0.15) is 0 Å². The van der Waals surface area contributed by atoms with E-state index >= 15 is 0 Å². The topological polar surface area (TPSA) is 214 Å². The fraction of sp³-hybridized carbons (Fsp3) is 0.706. The van der Waals surface area contributed by atoms with Crippen molar-refractivity contribution in [2.24, 2.45) is 23.3 Å². The van der Waals surface area contributed by atoms with Crippen LogP contribution in [0.1, 0.15) is 34.1 Å². The highest BCUT2D eigenvalue weighted by Gasteiger charge is 2.32. The van der Waals surface area contributed by atoms with Crippen LogP contribution in [-0.4, -0.2) is 70.6 Å². The van der Waals surface area contributed by atoms with Crippen LogP contribution in [0.5, 0.6) is 0 Å². The monoisotopic (exact) mass is 417 g/mol. The molecule has 0 saturated heterocycles. The lowest BCUT2D eigenvalue weighted by atomic mass is 9.99. The summed E-state index contributed by atoms with van der Waals surface area (Å²) in [6, 6.07) is -5.04. The van der Waals surface area contributed by atoms with E-state index in [-0.39, 0.29) is 11.8 Å². The Morgan fingerprint density at radius 1 is 0.828 bits per heavy atom. The molecule has 0 fully saturated rings. The molecule has 0 aromatic heterocycles. The molecule has 0 spiro atoms. The van der Waals surface area contributed by atoms with E-state index < -0.39 is 66.8 Å². The first-order valence-corrected chi connectivity index (χ1v) is 9.10. The van der Waals surface area contributed by atoms with Gasteiger partial charge in [-0.05, 0) is 11.8 Å². The van der Waals surface area contributed by atoms with Gasteiger partial charge in [0.15, 0.2) is 0 Å². The molecule has 0 bridgehead atoms. The van der Waals surface area contributed by atoms with Gasteiger partial charge in [-0.3, -0.25) is 19.2 Å². The summed E-state index contributed by atoms with van der Waals surface area (Å²) in [5.74, 6) is -5.34. The molecule has 12 heteroatoms. The number of carboxylic acid groups (broad SMARTS) is 1. The minimum atomic E-state index is -1.63. The smallest absolute Gasteiger partial charge is 0.328 e. The van der Waals surface area contributed by atoms with Crippen LogP contribution in [0.2, 0.25) is 0 Å². The van der Waals surface area contributed by atoms with Crippen LogP contribution < -0.4 is 27.4 Å². The Hall–Kier alpha value is -2.73. The Bertz CT molecular complexity index is 623. The number of aliphatic hydroxyl groups excluding tert-OH is 1. The molecule has 9 N–H and O–H groups in total. The molecule has 0 saturated carbocycles. The maximum Gasteiger partial charge on any atom is 0.328 e. The number of carbonyl (C=O) groups is 5. The van der Waals surface area contributed by atoms with Gasteiger partial charge >= 0.3 is 5.97 Å². The second-order valence-corrected chi connectivity index (χ2v) is 7.31. The molecule has 0 aromatic rings. The summed E-state index contributed by atoms with van der Waals surface area (Å²) in [5, 5.41) is 24.7. The predicted octanol–water partition coefficient (Wildman–Crippen LogP) is -2.97. The quantitative estimate of drug-likeness (QED) is 0.174. The van der Waals surface area contributed by atoms with Gasteiger partial charge in [-0.1, -0.05) is 27.7 Å². The van der Waals surface area contributed by atoms with Crippen molar-refractivity contribution in [1.29, 1.82) is 0 Å². The third-order valence-electron chi connectivity index (χ3n) is 4.10. The normalized spacial score (nSPS) is 15.2. The molecule has 12 nitrogen and oxygen atoms in total. The van der Waals surface area contributed by atoms with E-state index in [4.69, 9.17) is 21.7 Å². The van der Waals surface area contributed by atoms with Gasteiger partial charge in [0.05, 0.1) is 19.1 Å². The second kappa shape index (κ2) is 12.0. The van der Waals surface area contributed by atoms with Crippen molar-refractivity contribution in [3.63, 3.8) is 0 Å². The van der Waals surface area contributed by atoms with E-state index in [1.807, 2.05) is 5.32 Å².